The number of rotatable bonds is 3. The molecule has 0 aliphatic carbocycles. The summed E-state index contributed by atoms with van der Waals surface area (Å²) in [6.07, 6.45) is -3.21. The van der Waals surface area contributed by atoms with E-state index in [2.05, 4.69) is 4.18 Å². The number of halogens is 3. The van der Waals surface area contributed by atoms with E-state index in [0.29, 0.717) is 5.56 Å². The van der Waals surface area contributed by atoms with Crippen molar-refractivity contribution in [2.75, 3.05) is 20.2 Å². The summed E-state index contributed by atoms with van der Waals surface area (Å²) in [5, 5.41) is 0. The van der Waals surface area contributed by atoms with Crippen molar-refractivity contribution in [3.8, 4) is 0 Å². The fourth-order valence-electron chi connectivity index (χ4n) is 2.06. The average Bonchev–Trinajstić information content (AvgIpc) is 2.60. The van der Waals surface area contributed by atoms with E-state index in [1.54, 1.807) is 18.2 Å². The quantitative estimate of drug-likeness (QED) is 0.608. The molecule has 1 saturated heterocycles. The molecule has 0 N–H and O–H groups in total. The number of hydrogen-bond donors (Lipinski definition) is 0. The fraction of sp³-hybridized carbons (Fsp3) is 0.462. The van der Waals surface area contributed by atoms with Crippen molar-refractivity contribution in [2.45, 2.75) is 17.7 Å². The molecule has 1 aliphatic rings. The lowest BCUT2D eigenvalue weighted by atomic mass is 10.0. The summed E-state index contributed by atoms with van der Waals surface area (Å²) in [5.41, 5.74) is -5.28. The molecule has 0 radical (unpaired) electrons. The summed E-state index contributed by atoms with van der Waals surface area (Å²) in [4.78, 5) is 13.3. The number of carbonyl (C=O) groups excluding carboxylic acids is 1. The monoisotopic (exact) mass is 353 g/mol. The zero-order chi connectivity index (χ0) is 17.3. The number of amides is 1. The number of hydrogen-bond acceptors (Lipinski definition) is 5. The Labute approximate surface area is 130 Å². The predicted octanol–water partition coefficient (Wildman–Crippen LogP) is 1.45. The van der Waals surface area contributed by atoms with Crippen molar-refractivity contribution in [1.29, 1.82) is 0 Å². The van der Waals surface area contributed by atoms with E-state index >= 15 is 0 Å². The molecule has 1 heterocycles. The molecule has 10 heteroatoms. The molecular formula is C13H14F3NO5S. The minimum atomic E-state index is -5.94. The minimum absolute atomic E-state index is 0.0354. The first-order valence-corrected chi connectivity index (χ1v) is 7.95. The van der Waals surface area contributed by atoms with Gasteiger partial charge in [-0.25, -0.2) is 4.18 Å². The Morgan fingerprint density at radius 2 is 1.87 bits per heavy atom. The summed E-state index contributed by atoms with van der Waals surface area (Å²) in [6.45, 7) is 0.141. The third kappa shape index (κ3) is 3.82. The van der Waals surface area contributed by atoms with Crippen LogP contribution in [0.15, 0.2) is 30.3 Å². The maximum Gasteiger partial charge on any atom is 0.523 e. The molecule has 1 fully saturated rings. The van der Waals surface area contributed by atoms with Crippen LogP contribution in [0.3, 0.4) is 0 Å². The number of ether oxygens (including phenoxy) is 1. The van der Waals surface area contributed by atoms with Gasteiger partial charge in [-0.2, -0.15) is 21.6 Å². The lowest BCUT2D eigenvalue weighted by Gasteiger charge is -2.25. The lowest BCUT2D eigenvalue weighted by molar-refractivity contribution is -0.141. The van der Waals surface area contributed by atoms with Crippen LogP contribution in [0, 0.1) is 0 Å². The smallest absolute Gasteiger partial charge is 0.368 e. The van der Waals surface area contributed by atoms with Crippen molar-refractivity contribution in [3.05, 3.63) is 35.9 Å². The zero-order valence-electron chi connectivity index (χ0n) is 12.0. The van der Waals surface area contributed by atoms with E-state index < -0.39 is 33.7 Å². The third-order valence-corrected chi connectivity index (χ3v) is 4.29. The molecule has 0 saturated carbocycles. The maximum atomic E-state index is 12.6. The summed E-state index contributed by atoms with van der Waals surface area (Å²) in [6, 6.07) is 7.87. The standard InChI is InChI=1S/C13H14F3NO5S/c1-17-7-8-21-10(9-5-3-2-4-6-9)11(12(17)18)22-23(19,20)13(14,15)16/h2-6,10-11H,7-8H2,1H3/t10-,11-/m1/s1. The highest BCUT2D eigenvalue weighted by molar-refractivity contribution is 7.87. The molecule has 23 heavy (non-hydrogen) atoms. The summed E-state index contributed by atoms with van der Waals surface area (Å²) in [5.74, 6) is -0.899. The van der Waals surface area contributed by atoms with Gasteiger partial charge in [0.1, 0.15) is 6.10 Å². The van der Waals surface area contributed by atoms with Crippen LogP contribution in [0.4, 0.5) is 13.2 Å². The van der Waals surface area contributed by atoms with Crippen molar-refractivity contribution in [3.63, 3.8) is 0 Å². The van der Waals surface area contributed by atoms with E-state index in [9.17, 15) is 26.4 Å². The van der Waals surface area contributed by atoms with Gasteiger partial charge in [0.15, 0.2) is 6.10 Å². The van der Waals surface area contributed by atoms with E-state index in [4.69, 9.17) is 4.74 Å². The highest BCUT2D eigenvalue weighted by atomic mass is 32.2. The molecule has 2 rings (SSSR count). The number of nitrogens with zero attached hydrogens (tertiary/aromatic N) is 1. The van der Waals surface area contributed by atoms with Crippen LogP contribution in [0.25, 0.3) is 0 Å². The second-order valence-electron chi connectivity index (χ2n) is 4.88. The zero-order valence-corrected chi connectivity index (χ0v) is 12.8. The van der Waals surface area contributed by atoms with E-state index in [1.165, 1.54) is 19.2 Å². The van der Waals surface area contributed by atoms with E-state index in [1.807, 2.05) is 0 Å². The van der Waals surface area contributed by atoms with Crippen LogP contribution in [-0.4, -0.2) is 51.0 Å². The Balaban J connectivity index is 2.41. The lowest BCUT2D eigenvalue weighted by Crippen LogP contribution is -2.43. The fourth-order valence-corrected chi connectivity index (χ4v) is 2.62. The van der Waals surface area contributed by atoms with Gasteiger partial charge in [0.25, 0.3) is 5.91 Å². The van der Waals surface area contributed by atoms with Crippen molar-refractivity contribution >= 4 is 16.0 Å². The first-order valence-electron chi connectivity index (χ1n) is 6.54. The molecule has 1 aromatic carbocycles. The highest BCUT2D eigenvalue weighted by Crippen LogP contribution is 2.32. The highest BCUT2D eigenvalue weighted by Gasteiger charge is 2.51. The molecule has 128 valence electrons. The van der Waals surface area contributed by atoms with Gasteiger partial charge in [0.2, 0.25) is 0 Å². The van der Waals surface area contributed by atoms with Gasteiger partial charge < -0.3 is 9.64 Å². The third-order valence-electron chi connectivity index (χ3n) is 3.26. The van der Waals surface area contributed by atoms with Gasteiger partial charge in [-0.05, 0) is 5.56 Å². The number of likely N-dealkylation sites (N-methyl/N-ethyl adjacent to an activating group) is 1. The maximum absolute atomic E-state index is 12.6. The van der Waals surface area contributed by atoms with Crippen LogP contribution < -0.4 is 0 Å². The van der Waals surface area contributed by atoms with Gasteiger partial charge in [-0.15, -0.1) is 0 Å². The minimum Gasteiger partial charge on any atom is -0.368 e. The Hall–Kier alpha value is -1.65. The van der Waals surface area contributed by atoms with Crippen molar-refractivity contribution in [2.24, 2.45) is 0 Å². The van der Waals surface area contributed by atoms with Gasteiger partial charge >= 0.3 is 15.6 Å². The largest absolute Gasteiger partial charge is 0.523 e. The van der Waals surface area contributed by atoms with Crippen molar-refractivity contribution < 1.29 is 35.3 Å². The molecule has 0 spiro atoms. The first kappa shape index (κ1) is 17.7. The Morgan fingerprint density at radius 1 is 1.26 bits per heavy atom. The van der Waals surface area contributed by atoms with E-state index in [0.717, 1.165) is 4.90 Å². The van der Waals surface area contributed by atoms with Gasteiger partial charge in [0, 0.05) is 13.6 Å². The topological polar surface area (TPSA) is 72.9 Å². The summed E-state index contributed by atoms with van der Waals surface area (Å²) >= 11 is 0. The second kappa shape index (κ2) is 6.46. The molecule has 6 nitrogen and oxygen atoms in total. The van der Waals surface area contributed by atoms with Gasteiger partial charge in [-0.3, -0.25) is 4.79 Å². The Kier molecular flexibility index (Phi) is 4.97. The number of alkyl halides is 3. The molecule has 1 aromatic rings. The first-order chi connectivity index (χ1) is 10.6. The molecule has 1 aliphatic heterocycles. The Morgan fingerprint density at radius 3 is 2.43 bits per heavy atom. The van der Waals surface area contributed by atoms with Gasteiger partial charge in [0.05, 0.1) is 6.61 Å². The predicted molar refractivity (Wildman–Crippen MR) is 72.6 cm³/mol. The molecule has 0 aromatic heterocycles. The SMILES string of the molecule is CN1CCO[C@H](c2ccccc2)[C@@H](OS(=O)(=O)C(F)(F)F)C1=O. The van der Waals surface area contributed by atoms with Crippen molar-refractivity contribution in [1.82, 2.24) is 4.90 Å². The van der Waals surface area contributed by atoms with Crippen LogP contribution in [-0.2, 0) is 23.8 Å². The van der Waals surface area contributed by atoms with E-state index in [-0.39, 0.29) is 13.2 Å². The normalized spacial score (nSPS) is 23.7. The summed E-state index contributed by atoms with van der Waals surface area (Å²) < 4.78 is 69.9. The molecular weight excluding hydrogens is 339 g/mol. The number of benzene rings is 1. The van der Waals surface area contributed by atoms with Crippen LogP contribution >= 0.6 is 0 Å². The molecule has 1 amide bonds. The molecule has 2 atom stereocenters. The average molecular weight is 353 g/mol. The number of carbonyl (C=O) groups is 1. The van der Waals surface area contributed by atoms with Crippen LogP contribution in [0.2, 0.25) is 0 Å². The summed E-state index contributed by atoms with van der Waals surface area (Å²) in [7, 11) is -4.61. The van der Waals surface area contributed by atoms with Crippen LogP contribution in [0.1, 0.15) is 11.7 Å². The van der Waals surface area contributed by atoms with Crippen LogP contribution in [0.5, 0.6) is 0 Å². The second-order valence-corrected chi connectivity index (χ2v) is 6.44. The molecule has 0 bridgehead atoms. The van der Waals surface area contributed by atoms with Gasteiger partial charge in [-0.1, -0.05) is 30.3 Å². The molecule has 0 unspecified atom stereocenters. The Bertz CT molecular complexity index is 662.